The molecule has 0 spiro atoms. The van der Waals surface area contributed by atoms with E-state index in [2.05, 4.69) is 9.30 Å². The molecule has 0 saturated heterocycles. The number of ether oxygens (including phenoxy) is 2. The van der Waals surface area contributed by atoms with Gasteiger partial charge in [0.2, 0.25) is 0 Å². The Labute approximate surface area is 223 Å². The number of amides is 1. The third-order valence-electron chi connectivity index (χ3n) is 7.88. The number of aromatic nitrogens is 2. The van der Waals surface area contributed by atoms with Crippen molar-refractivity contribution in [2.45, 2.75) is 70.6 Å². The Morgan fingerprint density at radius 1 is 1.13 bits per heavy atom. The number of nitrogens with zero attached hydrogens (tertiary/aromatic N) is 3. The van der Waals surface area contributed by atoms with Crippen LogP contribution in [-0.2, 0) is 22.4 Å². The summed E-state index contributed by atoms with van der Waals surface area (Å²) in [6.45, 7) is -1.17. The van der Waals surface area contributed by atoms with Gasteiger partial charge in [-0.25, -0.2) is 14.2 Å². The number of methoxy groups -OCH3 is 1. The second-order valence-corrected chi connectivity index (χ2v) is 10.2. The fourth-order valence-electron chi connectivity index (χ4n) is 5.96. The van der Waals surface area contributed by atoms with Gasteiger partial charge in [0, 0.05) is 24.1 Å². The van der Waals surface area contributed by atoms with Crippen LogP contribution in [0.1, 0.15) is 62.0 Å². The molecule has 1 aromatic heterocycles. The van der Waals surface area contributed by atoms with Gasteiger partial charge in [-0.3, -0.25) is 9.69 Å². The van der Waals surface area contributed by atoms with Crippen molar-refractivity contribution >= 4 is 28.8 Å². The minimum atomic E-state index is -3.13. The molecular formula is C28H30F3N3O5. The SMILES string of the molecule is COC(=O)N1c2ccc3c(nc(Cc4ccc(OC(F)F)c(F)c4)n3[C@H]3CC[C@H](C(=O)O)CC3)c2CC[C@@H]1C. The van der Waals surface area contributed by atoms with Crippen LogP contribution in [0.4, 0.5) is 23.7 Å². The summed E-state index contributed by atoms with van der Waals surface area (Å²) in [7, 11) is 1.35. The summed E-state index contributed by atoms with van der Waals surface area (Å²) in [5.74, 6) is -1.95. The lowest BCUT2D eigenvalue weighted by atomic mass is 9.85. The maximum atomic E-state index is 14.5. The Hall–Kier alpha value is -3.76. The van der Waals surface area contributed by atoms with E-state index in [4.69, 9.17) is 9.72 Å². The second-order valence-electron chi connectivity index (χ2n) is 10.2. The molecule has 1 amide bonds. The number of aryl methyl sites for hydroxylation is 1. The van der Waals surface area contributed by atoms with Crippen molar-refractivity contribution in [3.63, 3.8) is 0 Å². The Kier molecular flexibility index (Phi) is 7.42. The van der Waals surface area contributed by atoms with E-state index in [0.29, 0.717) is 43.5 Å². The van der Waals surface area contributed by atoms with Gasteiger partial charge in [0.25, 0.3) is 0 Å². The standard InChI is InChI=1S/C28H30F3N3O5/c1-15-3-9-19-21(33(15)28(37)38-2)10-11-22-25(19)32-24(34(22)18-7-5-17(6-8-18)26(35)36)14-16-4-12-23(20(29)13-16)39-27(30)31/h4,10-13,15,17-18,27H,3,5-9,14H2,1-2H3,(H,35,36)/t15-,17-,18-/m0/s1. The van der Waals surface area contributed by atoms with E-state index in [1.54, 1.807) is 4.90 Å². The highest BCUT2D eigenvalue weighted by molar-refractivity contribution is 5.95. The summed E-state index contributed by atoms with van der Waals surface area (Å²) >= 11 is 0. The van der Waals surface area contributed by atoms with Crippen LogP contribution in [0.15, 0.2) is 30.3 Å². The Bertz CT molecular complexity index is 1400. The van der Waals surface area contributed by atoms with Gasteiger partial charge in [-0.05, 0) is 75.3 Å². The minimum Gasteiger partial charge on any atom is -0.481 e. The van der Waals surface area contributed by atoms with E-state index in [1.807, 2.05) is 19.1 Å². The quantitative estimate of drug-likeness (QED) is 0.403. The average molecular weight is 546 g/mol. The van der Waals surface area contributed by atoms with Crippen molar-refractivity contribution in [2.24, 2.45) is 5.92 Å². The summed E-state index contributed by atoms with van der Waals surface area (Å²) in [5.41, 5.74) is 3.78. The lowest BCUT2D eigenvalue weighted by Gasteiger charge is -2.34. The number of benzene rings is 2. The molecule has 1 fully saturated rings. The summed E-state index contributed by atoms with van der Waals surface area (Å²) in [4.78, 5) is 30.7. The molecule has 2 heterocycles. The smallest absolute Gasteiger partial charge is 0.414 e. The molecule has 3 aromatic rings. The van der Waals surface area contributed by atoms with Crippen molar-refractivity contribution in [1.29, 1.82) is 0 Å². The van der Waals surface area contributed by atoms with Crippen molar-refractivity contribution in [2.75, 3.05) is 12.0 Å². The number of fused-ring (bicyclic) bond motifs is 3. The number of aliphatic carboxylic acids is 1. The van der Waals surface area contributed by atoms with Crippen molar-refractivity contribution in [1.82, 2.24) is 9.55 Å². The molecule has 5 rings (SSSR count). The molecule has 8 nitrogen and oxygen atoms in total. The highest BCUT2D eigenvalue weighted by atomic mass is 19.3. The fourth-order valence-corrected chi connectivity index (χ4v) is 5.96. The number of carbonyl (C=O) groups excluding carboxylic acids is 1. The van der Waals surface area contributed by atoms with Crippen LogP contribution in [0.3, 0.4) is 0 Å². The monoisotopic (exact) mass is 545 g/mol. The number of alkyl halides is 2. The summed E-state index contributed by atoms with van der Waals surface area (Å²) < 4.78 is 51.1. The molecule has 2 aromatic carbocycles. The number of carbonyl (C=O) groups is 2. The van der Waals surface area contributed by atoms with Crippen molar-refractivity contribution in [3.05, 3.63) is 53.1 Å². The Morgan fingerprint density at radius 2 is 1.87 bits per heavy atom. The molecule has 1 atom stereocenters. The first kappa shape index (κ1) is 26.8. The predicted molar refractivity (Wildman–Crippen MR) is 137 cm³/mol. The summed E-state index contributed by atoms with van der Waals surface area (Å²) in [5, 5.41) is 9.47. The molecule has 1 N–H and O–H groups in total. The number of anilines is 1. The molecular weight excluding hydrogens is 515 g/mol. The van der Waals surface area contributed by atoms with Gasteiger partial charge in [-0.1, -0.05) is 6.07 Å². The number of imidazole rings is 1. The van der Waals surface area contributed by atoms with Crippen LogP contribution in [0.5, 0.6) is 5.75 Å². The number of carboxylic acid groups (broad SMARTS) is 1. The lowest BCUT2D eigenvalue weighted by Crippen LogP contribution is -2.42. The first-order valence-corrected chi connectivity index (χ1v) is 13.0. The van der Waals surface area contributed by atoms with E-state index in [9.17, 15) is 27.9 Å². The summed E-state index contributed by atoms with van der Waals surface area (Å²) in [6, 6.07) is 7.63. The molecule has 1 aliphatic carbocycles. The number of hydrogen-bond donors (Lipinski definition) is 1. The molecule has 1 saturated carbocycles. The topological polar surface area (TPSA) is 93.9 Å². The molecule has 2 aliphatic rings. The van der Waals surface area contributed by atoms with Gasteiger partial charge >= 0.3 is 18.7 Å². The van der Waals surface area contributed by atoms with E-state index in [-0.39, 0.29) is 24.4 Å². The molecule has 0 unspecified atom stereocenters. The molecule has 0 radical (unpaired) electrons. The van der Waals surface area contributed by atoms with Crippen LogP contribution < -0.4 is 9.64 Å². The largest absolute Gasteiger partial charge is 0.481 e. The normalized spacial score (nSPS) is 21.2. The fraction of sp³-hybridized carbons (Fsp3) is 0.464. The average Bonchev–Trinajstić information content (AvgIpc) is 3.27. The number of rotatable bonds is 6. The van der Waals surface area contributed by atoms with E-state index < -0.39 is 30.2 Å². The maximum absolute atomic E-state index is 14.5. The van der Waals surface area contributed by atoms with Crippen molar-refractivity contribution in [3.8, 4) is 5.75 Å². The highest BCUT2D eigenvalue weighted by Gasteiger charge is 2.33. The van der Waals surface area contributed by atoms with E-state index >= 15 is 0 Å². The molecule has 1 aliphatic heterocycles. The third-order valence-corrected chi connectivity index (χ3v) is 7.88. The Morgan fingerprint density at radius 3 is 2.51 bits per heavy atom. The molecule has 208 valence electrons. The zero-order valence-electron chi connectivity index (χ0n) is 21.7. The number of carboxylic acids is 1. The predicted octanol–water partition coefficient (Wildman–Crippen LogP) is 6.09. The molecule has 0 bridgehead atoms. The van der Waals surface area contributed by atoms with Gasteiger partial charge in [0.15, 0.2) is 11.6 Å². The maximum Gasteiger partial charge on any atom is 0.414 e. The van der Waals surface area contributed by atoms with Gasteiger partial charge in [0.1, 0.15) is 5.82 Å². The van der Waals surface area contributed by atoms with Crippen LogP contribution in [0, 0.1) is 11.7 Å². The zero-order chi connectivity index (χ0) is 27.8. The lowest BCUT2D eigenvalue weighted by molar-refractivity contribution is -0.143. The third kappa shape index (κ3) is 5.14. The highest BCUT2D eigenvalue weighted by Crippen LogP contribution is 2.40. The van der Waals surface area contributed by atoms with Crippen LogP contribution in [-0.4, -0.2) is 46.5 Å². The van der Waals surface area contributed by atoms with E-state index in [0.717, 1.165) is 28.7 Å². The van der Waals surface area contributed by atoms with E-state index in [1.165, 1.54) is 25.3 Å². The minimum absolute atomic E-state index is 0.0100. The molecule has 39 heavy (non-hydrogen) atoms. The van der Waals surface area contributed by atoms with Gasteiger partial charge in [0.05, 0.1) is 29.7 Å². The number of hydrogen-bond acceptors (Lipinski definition) is 5. The first-order chi connectivity index (χ1) is 18.7. The second kappa shape index (κ2) is 10.8. The van der Waals surface area contributed by atoms with Crippen LogP contribution >= 0.6 is 0 Å². The van der Waals surface area contributed by atoms with Gasteiger partial charge in [-0.15, -0.1) is 0 Å². The van der Waals surface area contributed by atoms with Gasteiger partial charge < -0.3 is 19.1 Å². The van der Waals surface area contributed by atoms with Crippen molar-refractivity contribution < 1.29 is 37.3 Å². The molecule has 11 heteroatoms. The van der Waals surface area contributed by atoms with Gasteiger partial charge in [-0.2, -0.15) is 8.78 Å². The Balaban J connectivity index is 1.58. The number of halogens is 3. The first-order valence-electron chi connectivity index (χ1n) is 13.0. The zero-order valence-corrected chi connectivity index (χ0v) is 21.7. The van der Waals surface area contributed by atoms with Crippen LogP contribution in [0.25, 0.3) is 11.0 Å². The van der Waals surface area contributed by atoms with Crippen LogP contribution in [0.2, 0.25) is 0 Å². The summed E-state index contributed by atoms with van der Waals surface area (Å²) in [6.07, 6.45) is 3.57.